The normalized spacial score (nSPS) is 17.7. The van der Waals surface area contributed by atoms with Crippen molar-refractivity contribution in [2.75, 3.05) is 6.54 Å². The second-order valence-electron chi connectivity index (χ2n) is 5.86. The van der Waals surface area contributed by atoms with Crippen LogP contribution in [0.5, 0.6) is 0 Å². The molecule has 23 heavy (non-hydrogen) atoms. The monoisotopic (exact) mass is 336 g/mol. The summed E-state index contributed by atoms with van der Waals surface area (Å²) in [6, 6.07) is 4.40. The fourth-order valence-corrected chi connectivity index (χ4v) is 3.51. The Morgan fingerprint density at radius 1 is 1.48 bits per heavy atom. The molecule has 1 aliphatic rings. The lowest BCUT2D eigenvalue weighted by Crippen LogP contribution is -2.32. The molecule has 0 N–H and O–H groups in total. The van der Waals surface area contributed by atoms with Crippen LogP contribution in [0.25, 0.3) is 0 Å². The molecule has 0 radical (unpaired) electrons. The first-order valence-corrected chi connectivity index (χ1v) is 8.02. The van der Waals surface area contributed by atoms with E-state index in [1.54, 1.807) is 11.0 Å². The third-order valence-corrected chi connectivity index (χ3v) is 4.74. The second-order valence-corrected chi connectivity index (χ2v) is 6.27. The Labute approximate surface area is 139 Å². The largest absolute Gasteiger partial charge is 0.361 e. The minimum Gasteiger partial charge on any atom is -0.361 e. The van der Waals surface area contributed by atoms with Crippen molar-refractivity contribution < 1.29 is 13.7 Å². The van der Waals surface area contributed by atoms with E-state index < -0.39 is 5.82 Å². The van der Waals surface area contributed by atoms with E-state index in [-0.39, 0.29) is 29.0 Å². The molecule has 1 amide bonds. The molecule has 1 aromatic heterocycles. The van der Waals surface area contributed by atoms with E-state index in [1.807, 2.05) is 13.8 Å². The number of hydrogen-bond acceptors (Lipinski definition) is 3. The maximum absolute atomic E-state index is 13.9. The molecular formula is C17H18ClFN2O2. The molecule has 1 saturated heterocycles. The summed E-state index contributed by atoms with van der Waals surface area (Å²) in [7, 11) is 0. The van der Waals surface area contributed by atoms with Crippen molar-refractivity contribution in [3.8, 4) is 0 Å². The third-order valence-electron chi connectivity index (χ3n) is 4.38. The Hall–Kier alpha value is -1.88. The van der Waals surface area contributed by atoms with Crippen LogP contribution in [-0.4, -0.2) is 22.5 Å². The third kappa shape index (κ3) is 2.98. The summed E-state index contributed by atoms with van der Waals surface area (Å²) < 4.78 is 19.1. The average molecular weight is 337 g/mol. The molecule has 122 valence electrons. The molecule has 2 aromatic rings. The first-order valence-electron chi connectivity index (χ1n) is 7.64. The van der Waals surface area contributed by atoms with Crippen LogP contribution in [0.4, 0.5) is 4.39 Å². The zero-order valence-corrected chi connectivity index (χ0v) is 13.9. The molecule has 1 fully saturated rings. The van der Waals surface area contributed by atoms with Gasteiger partial charge in [0.05, 0.1) is 18.2 Å². The molecule has 6 heteroatoms. The van der Waals surface area contributed by atoms with Crippen LogP contribution in [-0.2, 0) is 11.2 Å². The number of aromatic nitrogens is 1. The van der Waals surface area contributed by atoms with Crippen LogP contribution < -0.4 is 0 Å². The van der Waals surface area contributed by atoms with Crippen molar-refractivity contribution in [3.63, 3.8) is 0 Å². The number of likely N-dealkylation sites (tertiary alicyclic amines) is 1. The number of aryl methyl sites for hydroxylation is 2. The van der Waals surface area contributed by atoms with Crippen molar-refractivity contribution in [2.24, 2.45) is 0 Å². The SMILES string of the molecule is Cc1noc(C)c1C1CCCN1C(=O)Cc1c(F)cccc1Cl. The molecule has 1 aromatic carbocycles. The highest BCUT2D eigenvalue weighted by atomic mass is 35.5. The fourth-order valence-electron chi connectivity index (χ4n) is 3.29. The minimum absolute atomic E-state index is 0.0363. The fraction of sp³-hybridized carbons (Fsp3) is 0.412. The number of carbonyl (C=O) groups is 1. The van der Waals surface area contributed by atoms with Crippen LogP contribution in [0.1, 0.15) is 41.5 Å². The van der Waals surface area contributed by atoms with Gasteiger partial charge in [-0.15, -0.1) is 0 Å². The van der Waals surface area contributed by atoms with E-state index in [0.29, 0.717) is 6.54 Å². The predicted octanol–water partition coefficient (Wildman–Crippen LogP) is 3.99. The van der Waals surface area contributed by atoms with Crippen LogP contribution in [0.2, 0.25) is 5.02 Å². The van der Waals surface area contributed by atoms with Gasteiger partial charge in [-0.2, -0.15) is 0 Å². The average Bonchev–Trinajstić information content (AvgIpc) is 3.09. The van der Waals surface area contributed by atoms with Gasteiger partial charge in [0.2, 0.25) is 5.91 Å². The standard InChI is InChI=1S/C17H18ClFN2O2/c1-10-17(11(2)23-20-10)15-7-4-8-21(15)16(22)9-12-13(18)5-3-6-14(12)19/h3,5-6,15H,4,7-9H2,1-2H3. The lowest BCUT2D eigenvalue weighted by atomic mass is 10.0. The molecule has 0 bridgehead atoms. The van der Waals surface area contributed by atoms with E-state index in [1.165, 1.54) is 12.1 Å². The van der Waals surface area contributed by atoms with Gasteiger partial charge in [0.15, 0.2) is 0 Å². The van der Waals surface area contributed by atoms with E-state index in [0.717, 1.165) is 29.9 Å². The van der Waals surface area contributed by atoms with Crippen molar-refractivity contribution in [1.82, 2.24) is 10.1 Å². The molecule has 2 heterocycles. The number of hydrogen-bond donors (Lipinski definition) is 0. The van der Waals surface area contributed by atoms with Crippen LogP contribution in [0.15, 0.2) is 22.7 Å². The molecule has 4 nitrogen and oxygen atoms in total. The Bertz CT molecular complexity index is 704. The number of halogens is 2. The zero-order valence-electron chi connectivity index (χ0n) is 13.1. The molecule has 0 saturated carbocycles. The first-order chi connectivity index (χ1) is 11.0. The highest BCUT2D eigenvalue weighted by Crippen LogP contribution is 2.36. The van der Waals surface area contributed by atoms with E-state index >= 15 is 0 Å². The van der Waals surface area contributed by atoms with E-state index in [2.05, 4.69) is 5.16 Å². The summed E-state index contributed by atoms with van der Waals surface area (Å²) in [6.45, 7) is 4.38. The second kappa shape index (κ2) is 6.32. The summed E-state index contributed by atoms with van der Waals surface area (Å²) in [5.41, 5.74) is 2.02. The smallest absolute Gasteiger partial charge is 0.227 e. The predicted molar refractivity (Wildman–Crippen MR) is 84.8 cm³/mol. The van der Waals surface area contributed by atoms with Gasteiger partial charge in [0.25, 0.3) is 0 Å². The Balaban J connectivity index is 1.84. The first kappa shape index (κ1) is 16.0. The number of benzene rings is 1. The van der Waals surface area contributed by atoms with Gasteiger partial charge in [-0.05, 0) is 38.8 Å². The molecule has 0 spiro atoms. The van der Waals surface area contributed by atoms with Gasteiger partial charge < -0.3 is 9.42 Å². The maximum atomic E-state index is 13.9. The molecule has 3 rings (SSSR count). The van der Waals surface area contributed by atoms with Crippen molar-refractivity contribution in [1.29, 1.82) is 0 Å². The number of amides is 1. The van der Waals surface area contributed by atoms with Gasteiger partial charge >= 0.3 is 0 Å². The van der Waals surface area contributed by atoms with E-state index in [9.17, 15) is 9.18 Å². The minimum atomic E-state index is -0.445. The van der Waals surface area contributed by atoms with Gasteiger partial charge in [-0.1, -0.05) is 22.8 Å². The quantitative estimate of drug-likeness (QED) is 0.851. The Morgan fingerprint density at radius 2 is 2.26 bits per heavy atom. The lowest BCUT2D eigenvalue weighted by molar-refractivity contribution is -0.131. The molecular weight excluding hydrogens is 319 g/mol. The summed E-state index contributed by atoms with van der Waals surface area (Å²) >= 11 is 6.03. The van der Waals surface area contributed by atoms with Gasteiger partial charge in [-0.25, -0.2) is 4.39 Å². The number of carbonyl (C=O) groups excluding carboxylic acids is 1. The van der Waals surface area contributed by atoms with Gasteiger partial charge in [0, 0.05) is 22.7 Å². The van der Waals surface area contributed by atoms with Crippen molar-refractivity contribution in [2.45, 2.75) is 39.2 Å². The van der Waals surface area contributed by atoms with Crippen molar-refractivity contribution in [3.05, 3.63) is 51.6 Å². The van der Waals surface area contributed by atoms with Gasteiger partial charge in [-0.3, -0.25) is 4.79 Å². The molecule has 1 unspecified atom stereocenters. The van der Waals surface area contributed by atoms with Crippen LogP contribution in [0, 0.1) is 19.7 Å². The highest BCUT2D eigenvalue weighted by molar-refractivity contribution is 6.31. The number of rotatable bonds is 3. The molecule has 1 atom stereocenters. The number of nitrogens with zero attached hydrogens (tertiary/aromatic N) is 2. The summed E-state index contributed by atoms with van der Waals surface area (Å²) in [5.74, 6) is 0.162. The Kier molecular flexibility index (Phi) is 4.39. The summed E-state index contributed by atoms with van der Waals surface area (Å²) in [6.07, 6.45) is 1.73. The Morgan fingerprint density at radius 3 is 2.91 bits per heavy atom. The van der Waals surface area contributed by atoms with Crippen LogP contribution in [0.3, 0.4) is 0 Å². The molecule has 0 aliphatic carbocycles. The lowest BCUT2D eigenvalue weighted by Gasteiger charge is -2.25. The van der Waals surface area contributed by atoms with Crippen LogP contribution >= 0.6 is 11.6 Å². The topological polar surface area (TPSA) is 46.3 Å². The highest BCUT2D eigenvalue weighted by Gasteiger charge is 2.34. The van der Waals surface area contributed by atoms with Crippen molar-refractivity contribution >= 4 is 17.5 Å². The summed E-state index contributed by atoms with van der Waals surface area (Å²) in [4.78, 5) is 14.5. The zero-order chi connectivity index (χ0) is 16.6. The van der Waals surface area contributed by atoms with Gasteiger partial charge in [0.1, 0.15) is 11.6 Å². The van der Waals surface area contributed by atoms with E-state index in [4.69, 9.17) is 16.1 Å². The maximum Gasteiger partial charge on any atom is 0.227 e. The summed E-state index contributed by atoms with van der Waals surface area (Å²) in [5, 5.41) is 4.26. The molecule has 1 aliphatic heterocycles.